The second-order valence-electron chi connectivity index (χ2n) is 16.7. The fourth-order valence-corrected chi connectivity index (χ4v) is 7.74. The highest BCUT2D eigenvalue weighted by Gasteiger charge is 2.45. The van der Waals surface area contributed by atoms with Crippen molar-refractivity contribution in [3.63, 3.8) is 0 Å². The number of aromatic nitrogens is 7. The van der Waals surface area contributed by atoms with Gasteiger partial charge in [-0.3, -0.25) is 9.36 Å². The lowest BCUT2D eigenvalue weighted by molar-refractivity contribution is -0.136. The summed E-state index contributed by atoms with van der Waals surface area (Å²) in [6.07, 6.45) is -1.05. The van der Waals surface area contributed by atoms with Crippen LogP contribution in [0, 0.1) is 17.5 Å². The molecule has 0 bridgehead atoms. The van der Waals surface area contributed by atoms with Crippen molar-refractivity contribution >= 4 is 47.7 Å². The Bertz CT molecular complexity index is 2440. The van der Waals surface area contributed by atoms with E-state index in [0.717, 1.165) is 12.1 Å². The van der Waals surface area contributed by atoms with E-state index < -0.39 is 67.7 Å². The second-order valence-corrected chi connectivity index (χ2v) is 18.6. The molecule has 6 rings (SSSR count). The molecule has 0 unspecified atom stereocenters. The predicted molar refractivity (Wildman–Crippen MR) is 256 cm³/mol. The third-order valence-electron chi connectivity index (χ3n) is 10.8. The van der Waals surface area contributed by atoms with E-state index in [1.54, 1.807) is 10.9 Å². The summed E-state index contributed by atoms with van der Waals surface area (Å²) < 4.78 is 113. The van der Waals surface area contributed by atoms with Crippen LogP contribution >= 0.6 is 19.2 Å². The lowest BCUT2D eigenvalue weighted by Crippen LogP contribution is -2.34. The third kappa shape index (κ3) is 21.0. The average molecular weight is 1130 g/mol. The minimum absolute atomic E-state index is 0.0553. The molecule has 1 aromatic carbocycles. The molecule has 3 aromatic heterocycles. The number of anilines is 1. The highest BCUT2D eigenvalue weighted by atomic mass is 35.5. The SMILES string of the molecule is O=C(CCOCCOCCOCCOCCn1cc(COCCOCCOCCOCCO/N=C2\CC[C@@H](Nc3nc(Cl)nc4c3cnn4[C@@H]3O[C@H](COCP(=O)(O)O)[C@@H](O)[C@H]3O)C2)nn1)Oc1c(F)cc(F)cc1F. The first-order chi connectivity index (χ1) is 36.7. The van der Waals surface area contributed by atoms with Gasteiger partial charge in [-0.2, -0.15) is 15.1 Å². The number of oxime groups is 1. The molecule has 0 amide bonds. The number of aliphatic hydroxyl groups is 2. The number of halogens is 4. The van der Waals surface area contributed by atoms with Gasteiger partial charge in [-0.05, 0) is 24.4 Å². The van der Waals surface area contributed by atoms with Crippen molar-refractivity contribution in [3.05, 3.63) is 53.0 Å². The number of ether oxygens (including phenoxy) is 11. The summed E-state index contributed by atoms with van der Waals surface area (Å²) in [6.45, 7) is 5.38. The molecule has 5 atom stereocenters. The summed E-state index contributed by atoms with van der Waals surface area (Å²) in [5.74, 6) is -5.24. The lowest BCUT2D eigenvalue weighted by atomic mass is 10.1. The number of carbonyl (C=O) groups excluding carboxylic acids is 1. The average Bonchev–Trinajstić information content (AvgIpc) is 4.19. The van der Waals surface area contributed by atoms with Crippen molar-refractivity contribution < 1.29 is 99.5 Å². The van der Waals surface area contributed by atoms with Crippen LogP contribution in [0.3, 0.4) is 0 Å². The topological polar surface area (TPSA) is 325 Å². The highest BCUT2D eigenvalue weighted by molar-refractivity contribution is 7.51. The van der Waals surface area contributed by atoms with Gasteiger partial charge >= 0.3 is 13.6 Å². The van der Waals surface area contributed by atoms with Crippen molar-refractivity contribution in [3.8, 4) is 5.75 Å². The van der Waals surface area contributed by atoms with E-state index in [-0.39, 0.29) is 63.0 Å². The molecule has 5 N–H and O–H groups in total. The van der Waals surface area contributed by atoms with E-state index in [9.17, 15) is 32.7 Å². The zero-order valence-corrected chi connectivity index (χ0v) is 42.9. The smallest absolute Gasteiger partial charge is 0.350 e. The standard InChI is InChI=1S/C44H62ClF3N9O18P/c45-44-51-41(33-24-49-57(42(33)52-44)43-39(60)38(59)36(74-43)27-72-28-76(61,62)63)50-30-1-2-31(23-30)54-73-20-19-70-16-15-68-13-14-69-17-18-71-26-32-25-56(55-53-32)4-6-65-8-10-67-12-11-66-9-7-64-5-3-37(58)75-40-34(47)21-29(46)22-35(40)48/h21-22,24-25,30,36,38-39,43,59-60H,1-20,23,26-28H2,(H,50,51,52)(H2,61,62,63)/b54-31+/t30-,36-,38-,39-,43-/m1/s1. The van der Waals surface area contributed by atoms with Crippen LogP contribution in [0.15, 0.2) is 29.7 Å². The Morgan fingerprint density at radius 1 is 0.816 bits per heavy atom. The quantitative estimate of drug-likeness (QED) is 0.0107. The Morgan fingerprint density at radius 3 is 2.07 bits per heavy atom. The van der Waals surface area contributed by atoms with Gasteiger partial charge in [-0.1, -0.05) is 10.4 Å². The molecule has 76 heavy (non-hydrogen) atoms. The Morgan fingerprint density at radius 2 is 1.42 bits per heavy atom. The number of hydrogen-bond donors (Lipinski definition) is 5. The molecule has 2 aliphatic rings. The zero-order chi connectivity index (χ0) is 54.1. The van der Waals surface area contributed by atoms with Crippen molar-refractivity contribution in [1.29, 1.82) is 0 Å². The first-order valence-electron chi connectivity index (χ1n) is 24.1. The van der Waals surface area contributed by atoms with Crippen molar-refractivity contribution in [1.82, 2.24) is 34.7 Å². The van der Waals surface area contributed by atoms with E-state index >= 15 is 0 Å². The molecule has 4 heterocycles. The van der Waals surface area contributed by atoms with Gasteiger partial charge in [-0.15, -0.1) is 5.10 Å². The van der Waals surface area contributed by atoms with Crippen molar-refractivity contribution in [2.24, 2.45) is 5.16 Å². The number of nitrogens with one attached hydrogen (secondary N) is 1. The van der Waals surface area contributed by atoms with Gasteiger partial charge in [0.05, 0.1) is 149 Å². The molecule has 32 heteroatoms. The first-order valence-corrected chi connectivity index (χ1v) is 26.3. The summed E-state index contributed by atoms with van der Waals surface area (Å²) in [5.41, 5.74) is 1.75. The van der Waals surface area contributed by atoms with E-state index in [4.69, 9.17) is 73.6 Å². The van der Waals surface area contributed by atoms with Gasteiger partial charge in [-0.25, -0.2) is 22.5 Å². The number of benzene rings is 1. The number of fused-ring (bicyclic) bond motifs is 1. The molecular formula is C44H62ClF3N9O18P. The van der Waals surface area contributed by atoms with Gasteiger partial charge in [0.2, 0.25) is 11.0 Å². The van der Waals surface area contributed by atoms with Crippen molar-refractivity contribution in [2.75, 3.05) is 124 Å². The molecule has 0 spiro atoms. The van der Waals surface area contributed by atoms with Crippen LogP contribution in [0.1, 0.15) is 37.6 Å². The number of nitrogens with zero attached hydrogens (tertiary/aromatic N) is 8. The van der Waals surface area contributed by atoms with Gasteiger partial charge in [0, 0.05) is 24.6 Å². The molecule has 0 radical (unpaired) electrons. The maximum atomic E-state index is 13.6. The number of esters is 1. The first kappa shape index (κ1) is 60.6. The monoisotopic (exact) mass is 1130 g/mol. The van der Waals surface area contributed by atoms with E-state index in [0.29, 0.717) is 128 Å². The predicted octanol–water partition coefficient (Wildman–Crippen LogP) is 1.93. The van der Waals surface area contributed by atoms with Gasteiger partial charge in [0.25, 0.3) is 0 Å². The minimum atomic E-state index is -4.44. The Kier molecular flexibility index (Phi) is 25.8. The Balaban J connectivity index is 0.688. The number of hydrogen-bond acceptors (Lipinski definition) is 23. The van der Waals surface area contributed by atoms with E-state index in [1.807, 2.05) is 0 Å². The number of aliphatic hydroxyl groups excluding tert-OH is 2. The molecule has 2 fully saturated rings. The summed E-state index contributed by atoms with van der Waals surface area (Å²) in [6, 6.07) is 0.778. The second kappa shape index (κ2) is 32.3. The summed E-state index contributed by atoms with van der Waals surface area (Å²) in [4.78, 5) is 43.9. The zero-order valence-electron chi connectivity index (χ0n) is 41.2. The maximum Gasteiger partial charge on any atom is 0.350 e. The van der Waals surface area contributed by atoms with Crippen molar-refractivity contribution in [2.45, 2.75) is 69.4 Å². The van der Waals surface area contributed by atoms with Crippen LogP contribution in [-0.4, -0.2) is 209 Å². The molecule has 424 valence electrons. The van der Waals surface area contributed by atoms with E-state index in [2.05, 4.69) is 40.6 Å². The molecule has 1 aliphatic heterocycles. The third-order valence-corrected chi connectivity index (χ3v) is 11.5. The largest absolute Gasteiger partial charge is 0.420 e. The Labute approximate surface area is 438 Å². The van der Waals surface area contributed by atoms with Gasteiger partial charge in [0.15, 0.2) is 23.5 Å². The van der Waals surface area contributed by atoms with Crippen LogP contribution in [0.25, 0.3) is 11.0 Å². The fourth-order valence-electron chi connectivity index (χ4n) is 7.23. The summed E-state index contributed by atoms with van der Waals surface area (Å²) >= 11 is 6.27. The van der Waals surface area contributed by atoms with Crippen LogP contribution < -0.4 is 10.1 Å². The molecule has 1 aliphatic carbocycles. The summed E-state index contributed by atoms with van der Waals surface area (Å²) in [7, 11) is -4.44. The van der Waals surface area contributed by atoms with Gasteiger partial charge < -0.3 is 82.3 Å². The van der Waals surface area contributed by atoms with Crippen LogP contribution in [-0.2, 0) is 74.7 Å². The lowest BCUT2D eigenvalue weighted by Gasteiger charge is -2.17. The molecule has 4 aromatic rings. The number of rotatable bonds is 38. The Hall–Kier alpha value is -4.60. The minimum Gasteiger partial charge on any atom is -0.420 e. The molecular weight excluding hydrogens is 1070 g/mol. The molecule has 1 saturated heterocycles. The molecule has 27 nitrogen and oxygen atoms in total. The fraction of sp³-hybridized carbons (Fsp3) is 0.659. The maximum absolute atomic E-state index is 13.6. The number of carbonyl (C=O) groups is 1. The van der Waals surface area contributed by atoms with Crippen LogP contribution in [0.5, 0.6) is 5.75 Å². The highest BCUT2D eigenvalue weighted by Crippen LogP contribution is 2.36. The summed E-state index contributed by atoms with van der Waals surface area (Å²) in [5, 5.41) is 41.7. The van der Waals surface area contributed by atoms with E-state index in [1.165, 1.54) is 10.9 Å². The van der Waals surface area contributed by atoms with Crippen LogP contribution in [0.4, 0.5) is 19.0 Å². The molecule has 1 saturated carbocycles. The normalized spacial score (nSPS) is 19.4. The van der Waals surface area contributed by atoms with Gasteiger partial charge in [0.1, 0.15) is 48.6 Å². The van der Waals surface area contributed by atoms with Crippen LogP contribution in [0.2, 0.25) is 5.28 Å².